The number of ether oxygens (including phenoxy) is 1. The Hall–Kier alpha value is -0.120. The number of nitrogens with one attached hydrogen (secondary N) is 2. The lowest BCUT2D eigenvalue weighted by molar-refractivity contribution is 0.0818. The molecule has 3 heteroatoms. The fourth-order valence-corrected chi connectivity index (χ4v) is 2.58. The van der Waals surface area contributed by atoms with Crippen molar-refractivity contribution < 1.29 is 4.74 Å². The lowest BCUT2D eigenvalue weighted by atomic mass is 9.99. The average Bonchev–Trinajstić information content (AvgIpc) is 2.81. The van der Waals surface area contributed by atoms with Crippen LogP contribution >= 0.6 is 0 Å². The van der Waals surface area contributed by atoms with E-state index in [0.717, 1.165) is 19.1 Å². The summed E-state index contributed by atoms with van der Waals surface area (Å²) in [5.41, 5.74) is 0. The first-order chi connectivity index (χ1) is 7.36. The first kappa shape index (κ1) is 11.4. The molecule has 2 fully saturated rings. The summed E-state index contributed by atoms with van der Waals surface area (Å²) in [7, 11) is 0. The summed E-state index contributed by atoms with van der Waals surface area (Å²) < 4.78 is 5.68. The fraction of sp³-hybridized carbons (Fsp3) is 1.00. The summed E-state index contributed by atoms with van der Waals surface area (Å²) in [5.74, 6) is 0.822. The molecule has 2 aliphatic heterocycles. The molecule has 2 rings (SSSR count). The van der Waals surface area contributed by atoms with Gasteiger partial charge in [0, 0.05) is 12.6 Å². The zero-order valence-electron chi connectivity index (χ0n) is 9.80. The van der Waals surface area contributed by atoms with Gasteiger partial charge < -0.3 is 15.4 Å². The summed E-state index contributed by atoms with van der Waals surface area (Å²) in [5, 5.41) is 7.09. The van der Waals surface area contributed by atoms with Crippen molar-refractivity contribution in [3.8, 4) is 0 Å². The van der Waals surface area contributed by atoms with E-state index in [9.17, 15) is 0 Å². The van der Waals surface area contributed by atoms with Crippen LogP contribution in [-0.4, -0.2) is 38.4 Å². The molecule has 0 aliphatic carbocycles. The molecule has 3 atom stereocenters. The van der Waals surface area contributed by atoms with Crippen molar-refractivity contribution in [2.45, 2.75) is 44.8 Å². The van der Waals surface area contributed by atoms with Gasteiger partial charge >= 0.3 is 0 Å². The predicted molar refractivity (Wildman–Crippen MR) is 62.0 cm³/mol. The maximum absolute atomic E-state index is 5.68. The average molecular weight is 212 g/mol. The third-order valence-corrected chi connectivity index (χ3v) is 3.65. The van der Waals surface area contributed by atoms with Gasteiger partial charge in [0.1, 0.15) is 0 Å². The molecule has 2 saturated heterocycles. The largest absolute Gasteiger partial charge is 0.377 e. The highest BCUT2D eigenvalue weighted by Gasteiger charge is 2.23. The van der Waals surface area contributed by atoms with Crippen LogP contribution in [0.1, 0.15) is 32.6 Å². The van der Waals surface area contributed by atoms with Gasteiger partial charge in [-0.2, -0.15) is 0 Å². The fourth-order valence-electron chi connectivity index (χ4n) is 2.58. The minimum atomic E-state index is 0.460. The summed E-state index contributed by atoms with van der Waals surface area (Å²) >= 11 is 0. The van der Waals surface area contributed by atoms with Crippen LogP contribution in [0, 0.1) is 5.92 Å². The molecule has 3 nitrogen and oxygen atoms in total. The van der Waals surface area contributed by atoms with E-state index >= 15 is 0 Å². The van der Waals surface area contributed by atoms with Gasteiger partial charge in [-0.15, -0.1) is 0 Å². The third kappa shape index (κ3) is 3.44. The molecular weight excluding hydrogens is 188 g/mol. The second-order valence-corrected chi connectivity index (χ2v) is 4.96. The van der Waals surface area contributed by atoms with Gasteiger partial charge in [-0.1, -0.05) is 0 Å². The van der Waals surface area contributed by atoms with E-state index in [0.29, 0.717) is 12.1 Å². The lowest BCUT2D eigenvalue weighted by Crippen LogP contribution is -2.43. The zero-order chi connectivity index (χ0) is 10.5. The predicted octanol–water partition coefficient (Wildman–Crippen LogP) is 1.14. The van der Waals surface area contributed by atoms with Gasteiger partial charge in [0.15, 0.2) is 0 Å². The molecule has 0 bridgehead atoms. The van der Waals surface area contributed by atoms with E-state index < -0.39 is 0 Å². The van der Waals surface area contributed by atoms with E-state index in [4.69, 9.17) is 4.74 Å². The first-order valence-electron chi connectivity index (χ1n) is 6.42. The molecule has 0 spiro atoms. The molecule has 0 aromatic carbocycles. The quantitative estimate of drug-likeness (QED) is 0.733. The van der Waals surface area contributed by atoms with Crippen molar-refractivity contribution in [2.24, 2.45) is 5.92 Å². The number of hydrogen-bond donors (Lipinski definition) is 2. The van der Waals surface area contributed by atoms with Gasteiger partial charge in [-0.25, -0.2) is 0 Å². The Labute approximate surface area is 93.0 Å². The number of hydrogen-bond acceptors (Lipinski definition) is 3. The molecule has 0 aromatic heterocycles. The molecule has 0 amide bonds. The second kappa shape index (κ2) is 5.83. The topological polar surface area (TPSA) is 33.3 Å². The Kier molecular flexibility index (Phi) is 4.42. The van der Waals surface area contributed by atoms with Gasteiger partial charge in [-0.05, 0) is 58.2 Å². The third-order valence-electron chi connectivity index (χ3n) is 3.65. The minimum Gasteiger partial charge on any atom is -0.377 e. The molecule has 15 heavy (non-hydrogen) atoms. The summed E-state index contributed by atoms with van der Waals surface area (Å²) in [6.45, 7) is 6.75. The molecule has 88 valence electrons. The Bertz CT molecular complexity index is 174. The van der Waals surface area contributed by atoms with Crippen LogP contribution in [0.15, 0.2) is 0 Å². The van der Waals surface area contributed by atoms with E-state index in [2.05, 4.69) is 17.6 Å². The van der Waals surface area contributed by atoms with Crippen LogP contribution in [0.25, 0.3) is 0 Å². The number of piperidine rings is 1. The van der Waals surface area contributed by atoms with Gasteiger partial charge in [-0.3, -0.25) is 0 Å². The van der Waals surface area contributed by atoms with E-state index in [1.54, 1.807) is 0 Å². The van der Waals surface area contributed by atoms with Crippen molar-refractivity contribution >= 4 is 0 Å². The van der Waals surface area contributed by atoms with Crippen LogP contribution in [0.3, 0.4) is 0 Å². The normalized spacial score (nSPS) is 34.2. The maximum Gasteiger partial charge on any atom is 0.0726 e. The van der Waals surface area contributed by atoms with Crippen molar-refractivity contribution in [1.29, 1.82) is 0 Å². The SMILES string of the molecule is CC(NCC1CCCNC1)C1CCCO1. The summed E-state index contributed by atoms with van der Waals surface area (Å²) in [6.07, 6.45) is 5.64. The maximum atomic E-state index is 5.68. The van der Waals surface area contributed by atoms with Crippen molar-refractivity contribution in [1.82, 2.24) is 10.6 Å². The monoisotopic (exact) mass is 212 g/mol. The Morgan fingerprint density at radius 2 is 2.33 bits per heavy atom. The molecule has 0 aromatic rings. The van der Waals surface area contributed by atoms with E-state index in [-0.39, 0.29) is 0 Å². The lowest BCUT2D eigenvalue weighted by Gasteiger charge is -2.26. The standard InChI is InChI=1S/C12H24N2O/c1-10(12-5-3-7-15-12)14-9-11-4-2-6-13-8-11/h10-14H,2-9H2,1H3. The highest BCUT2D eigenvalue weighted by atomic mass is 16.5. The molecular formula is C12H24N2O. The highest BCUT2D eigenvalue weighted by Crippen LogP contribution is 2.16. The van der Waals surface area contributed by atoms with Gasteiger partial charge in [0.05, 0.1) is 6.10 Å². The first-order valence-corrected chi connectivity index (χ1v) is 6.42. The van der Waals surface area contributed by atoms with Gasteiger partial charge in [0.2, 0.25) is 0 Å². The Balaban J connectivity index is 1.63. The molecule has 0 saturated carbocycles. The van der Waals surface area contributed by atoms with Crippen molar-refractivity contribution in [3.05, 3.63) is 0 Å². The van der Waals surface area contributed by atoms with Crippen LogP contribution < -0.4 is 10.6 Å². The second-order valence-electron chi connectivity index (χ2n) is 4.96. The highest BCUT2D eigenvalue weighted by molar-refractivity contribution is 4.79. The number of rotatable bonds is 4. The Morgan fingerprint density at radius 3 is 3.00 bits per heavy atom. The molecule has 0 radical (unpaired) electrons. The molecule has 2 heterocycles. The zero-order valence-corrected chi connectivity index (χ0v) is 9.80. The molecule has 3 unspecified atom stereocenters. The summed E-state index contributed by atoms with van der Waals surface area (Å²) in [6, 6.07) is 0.523. The van der Waals surface area contributed by atoms with Crippen LogP contribution in [0.2, 0.25) is 0 Å². The smallest absolute Gasteiger partial charge is 0.0726 e. The van der Waals surface area contributed by atoms with Crippen LogP contribution in [0.5, 0.6) is 0 Å². The van der Waals surface area contributed by atoms with Crippen molar-refractivity contribution in [2.75, 3.05) is 26.2 Å². The van der Waals surface area contributed by atoms with Crippen LogP contribution in [0.4, 0.5) is 0 Å². The van der Waals surface area contributed by atoms with E-state index in [1.165, 1.54) is 38.8 Å². The van der Waals surface area contributed by atoms with E-state index in [1.807, 2.05) is 0 Å². The van der Waals surface area contributed by atoms with Crippen LogP contribution in [-0.2, 0) is 4.74 Å². The molecule has 2 aliphatic rings. The molecule has 2 N–H and O–H groups in total. The Morgan fingerprint density at radius 1 is 1.40 bits per heavy atom. The van der Waals surface area contributed by atoms with Crippen molar-refractivity contribution in [3.63, 3.8) is 0 Å². The minimum absolute atomic E-state index is 0.460. The summed E-state index contributed by atoms with van der Waals surface area (Å²) in [4.78, 5) is 0. The van der Waals surface area contributed by atoms with Gasteiger partial charge in [0.25, 0.3) is 0 Å².